The molecule has 1 aromatic rings. The maximum atomic E-state index is 13.2. The van der Waals surface area contributed by atoms with E-state index in [0.717, 1.165) is 0 Å². The van der Waals surface area contributed by atoms with E-state index in [1.54, 1.807) is 13.8 Å². The fourth-order valence-corrected chi connectivity index (χ4v) is 1.05. The minimum absolute atomic E-state index is 0.0625. The number of nitrogens with zero attached hydrogens (tertiary/aromatic N) is 1. The van der Waals surface area contributed by atoms with Crippen LogP contribution in [0.1, 0.15) is 18.2 Å². The number of hydrogen-bond donors (Lipinski definition) is 0. The third-order valence-electron chi connectivity index (χ3n) is 1.71. The lowest BCUT2D eigenvalue weighted by Gasteiger charge is -2.03. The topological polar surface area (TPSA) is 39.2 Å². The van der Waals surface area contributed by atoms with Gasteiger partial charge in [0.05, 0.1) is 13.0 Å². The lowest BCUT2D eigenvalue weighted by molar-refractivity contribution is -0.142. The van der Waals surface area contributed by atoms with E-state index in [0.29, 0.717) is 12.3 Å². The van der Waals surface area contributed by atoms with Crippen molar-refractivity contribution in [2.45, 2.75) is 20.3 Å². The molecule has 0 N–H and O–H groups in total. The van der Waals surface area contributed by atoms with Crippen molar-refractivity contribution in [1.29, 1.82) is 0 Å². The normalized spacial score (nSPS) is 9.93. The molecule has 0 atom stereocenters. The lowest BCUT2D eigenvalue weighted by Crippen LogP contribution is -2.09. The zero-order valence-corrected chi connectivity index (χ0v) is 8.21. The number of carbonyl (C=O) groups is 1. The molecule has 14 heavy (non-hydrogen) atoms. The number of carbonyl (C=O) groups excluding carboxylic acids is 1. The van der Waals surface area contributed by atoms with Gasteiger partial charge in [-0.15, -0.1) is 0 Å². The van der Waals surface area contributed by atoms with Gasteiger partial charge in [-0.1, -0.05) is 0 Å². The van der Waals surface area contributed by atoms with Gasteiger partial charge in [0.2, 0.25) is 0 Å². The van der Waals surface area contributed by atoms with Crippen molar-refractivity contribution < 1.29 is 13.9 Å². The average molecular weight is 197 g/mol. The zero-order valence-electron chi connectivity index (χ0n) is 8.21. The van der Waals surface area contributed by atoms with Gasteiger partial charge in [0.25, 0.3) is 0 Å². The van der Waals surface area contributed by atoms with E-state index in [-0.39, 0.29) is 12.0 Å². The van der Waals surface area contributed by atoms with Crippen LogP contribution in [0.2, 0.25) is 0 Å². The summed E-state index contributed by atoms with van der Waals surface area (Å²) < 4.78 is 17.9. The van der Waals surface area contributed by atoms with Gasteiger partial charge < -0.3 is 4.74 Å². The summed E-state index contributed by atoms with van der Waals surface area (Å²) in [5.41, 5.74) is 0.865. The Labute approximate surface area is 81.9 Å². The molecule has 0 saturated heterocycles. The first-order valence-corrected chi connectivity index (χ1v) is 4.40. The molecular weight excluding hydrogens is 185 g/mol. The Morgan fingerprint density at radius 1 is 1.64 bits per heavy atom. The largest absolute Gasteiger partial charge is 0.466 e. The van der Waals surface area contributed by atoms with E-state index in [1.807, 2.05) is 0 Å². The molecule has 0 radical (unpaired) electrons. The number of ether oxygens (including phenoxy) is 1. The molecule has 0 aliphatic heterocycles. The van der Waals surface area contributed by atoms with Crippen molar-refractivity contribution in [3.63, 3.8) is 0 Å². The number of hydrogen-bond acceptors (Lipinski definition) is 3. The maximum Gasteiger partial charge on any atom is 0.310 e. The van der Waals surface area contributed by atoms with Crippen LogP contribution in [0.3, 0.4) is 0 Å². The smallest absolute Gasteiger partial charge is 0.310 e. The molecule has 1 heterocycles. The predicted octanol–water partition coefficient (Wildman–Crippen LogP) is 1.63. The molecule has 4 heteroatoms. The first kappa shape index (κ1) is 10.6. The quantitative estimate of drug-likeness (QED) is 0.691. The Balaban J connectivity index is 2.72. The van der Waals surface area contributed by atoms with Crippen LogP contribution < -0.4 is 0 Å². The Morgan fingerprint density at radius 2 is 2.36 bits per heavy atom. The highest BCUT2D eigenvalue weighted by Gasteiger charge is 2.09. The van der Waals surface area contributed by atoms with Crippen LogP contribution in [0.15, 0.2) is 12.3 Å². The molecule has 0 aliphatic carbocycles. The second-order valence-electron chi connectivity index (χ2n) is 2.90. The summed E-state index contributed by atoms with van der Waals surface area (Å²) in [6.45, 7) is 3.71. The molecule has 0 spiro atoms. The molecule has 0 amide bonds. The number of halogens is 1. The summed E-state index contributed by atoms with van der Waals surface area (Å²) in [7, 11) is 0. The third kappa shape index (κ3) is 2.80. The first-order chi connectivity index (χ1) is 6.63. The first-order valence-electron chi connectivity index (χ1n) is 4.40. The summed E-state index contributed by atoms with van der Waals surface area (Å²) in [6, 6.07) is 1.30. The average Bonchev–Trinajstić information content (AvgIpc) is 2.10. The molecule has 0 aliphatic rings. The molecule has 3 nitrogen and oxygen atoms in total. The van der Waals surface area contributed by atoms with E-state index < -0.39 is 11.8 Å². The highest BCUT2D eigenvalue weighted by atomic mass is 19.1. The van der Waals surface area contributed by atoms with Crippen LogP contribution in [0.5, 0.6) is 0 Å². The summed E-state index contributed by atoms with van der Waals surface area (Å²) in [5.74, 6) is -0.845. The fourth-order valence-electron chi connectivity index (χ4n) is 1.05. The van der Waals surface area contributed by atoms with E-state index in [1.165, 1.54) is 12.3 Å². The van der Waals surface area contributed by atoms with E-state index in [9.17, 15) is 9.18 Å². The van der Waals surface area contributed by atoms with Gasteiger partial charge in [-0.3, -0.25) is 9.78 Å². The van der Waals surface area contributed by atoms with Crippen molar-refractivity contribution >= 4 is 5.97 Å². The minimum atomic E-state index is -0.433. The van der Waals surface area contributed by atoms with Gasteiger partial charge >= 0.3 is 5.97 Å². The van der Waals surface area contributed by atoms with Gasteiger partial charge in [0.15, 0.2) is 0 Å². The Hall–Kier alpha value is -1.45. The number of aromatic nitrogens is 1. The monoisotopic (exact) mass is 197 g/mol. The molecular formula is C10H12FNO2. The summed E-state index contributed by atoms with van der Waals surface area (Å²) in [4.78, 5) is 14.9. The molecule has 1 rings (SSSR count). The number of pyridine rings is 1. The van der Waals surface area contributed by atoms with Crippen LogP contribution >= 0.6 is 0 Å². The predicted molar refractivity (Wildman–Crippen MR) is 49.3 cm³/mol. The highest BCUT2D eigenvalue weighted by Crippen LogP contribution is 2.08. The molecule has 0 bridgehead atoms. The molecule has 76 valence electrons. The van der Waals surface area contributed by atoms with Gasteiger partial charge in [-0.2, -0.15) is 0 Å². The van der Waals surface area contributed by atoms with Crippen LogP contribution in [-0.4, -0.2) is 17.6 Å². The summed E-state index contributed by atoms with van der Waals surface area (Å²) >= 11 is 0. The van der Waals surface area contributed by atoms with Crippen molar-refractivity contribution in [2.24, 2.45) is 0 Å². The third-order valence-corrected chi connectivity index (χ3v) is 1.71. The minimum Gasteiger partial charge on any atom is -0.466 e. The standard InChI is InChI=1S/C10H12FNO2/c1-3-14-10(13)5-8-6-12-7(2)4-9(8)11/h4,6H,3,5H2,1-2H3. The maximum absolute atomic E-state index is 13.2. The number of esters is 1. The van der Waals surface area contributed by atoms with E-state index in [2.05, 4.69) is 4.98 Å². The SMILES string of the molecule is CCOC(=O)Cc1cnc(C)cc1F. The summed E-state index contributed by atoms with van der Waals surface area (Å²) in [5, 5.41) is 0. The summed E-state index contributed by atoms with van der Waals surface area (Å²) in [6.07, 6.45) is 1.30. The molecule has 0 aromatic carbocycles. The van der Waals surface area contributed by atoms with Crippen LogP contribution in [-0.2, 0) is 16.0 Å². The van der Waals surface area contributed by atoms with Crippen molar-refractivity contribution in [2.75, 3.05) is 6.61 Å². The van der Waals surface area contributed by atoms with Gasteiger partial charge in [-0.25, -0.2) is 4.39 Å². The number of aryl methyl sites for hydroxylation is 1. The second kappa shape index (κ2) is 4.69. The molecule has 0 saturated carbocycles. The van der Waals surface area contributed by atoms with Gasteiger partial charge in [0.1, 0.15) is 5.82 Å². The van der Waals surface area contributed by atoms with Gasteiger partial charge in [0, 0.05) is 17.5 Å². The zero-order chi connectivity index (χ0) is 10.6. The van der Waals surface area contributed by atoms with Crippen molar-refractivity contribution in [1.82, 2.24) is 4.98 Å². The Bertz CT molecular complexity index is 339. The Morgan fingerprint density at radius 3 is 2.93 bits per heavy atom. The van der Waals surface area contributed by atoms with E-state index >= 15 is 0 Å². The van der Waals surface area contributed by atoms with Crippen molar-refractivity contribution in [3.05, 3.63) is 29.3 Å². The van der Waals surface area contributed by atoms with Gasteiger partial charge in [-0.05, 0) is 19.9 Å². The van der Waals surface area contributed by atoms with Crippen LogP contribution in [0.4, 0.5) is 4.39 Å². The number of rotatable bonds is 3. The fraction of sp³-hybridized carbons (Fsp3) is 0.400. The highest BCUT2D eigenvalue weighted by molar-refractivity contribution is 5.72. The Kier molecular flexibility index (Phi) is 3.56. The molecule has 0 fully saturated rings. The van der Waals surface area contributed by atoms with Crippen LogP contribution in [0.25, 0.3) is 0 Å². The molecule has 1 aromatic heterocycles. The lowest BCUT2D eigenvalue weighted by atomic mass is 10.2. The van der Waals surface area contributed by atoms with Crippen molar-refractivity contribution in [3.8, 4) is 0 Å². The van der Waals surface area contributed by atoms with E-state index in [4.69, 9.17) is 4.74 Å². The van der Waals surface area contributed by atoms with Crippen LogP contribution in [0, 0.1) is 12.7 Å². The molecule has 0 unspecified atom stereocenters. The second-order valence-corrected chi connectivity index (χ2v) is 2.90.